The molecule has 0 saturated heterocycles. The molecule has 0 aromatic heterocycles. The SMILES string of the molecule is COc1cc([N]C(=O)c2ccccc2)c(OC)cc1N. The number of nitrogens with zero attached hydrogens (tertiary/aromatic N) is 1. The van der Waals surface area contributed by atoms with Crippen LogP contribution in [0.2, 0.25) is 0 Å². The number of benzene rings is 2. The van der Waals surface area contributed by atoms with E-state index in [9.17, 15) is 4.79 Å². The minimum Gasteiger partial charge on any atom is -0.495 e. The van der Waals surface area contributed by atoms with Crippen LogP contribution >= 0.6 is 0 Å². The Morgan fingerprint density at radius 3 is 2.30 bits per heavy atom. The van der Waals surface area contributed by atoms with Gasteiger partial charge in [0.15, 0.2) is 0 Å². The van der Waals surface area contributed by atoms with E-state index in [2.05, 4.69) is 5.32 Å². The smallest absolute Gasteiger partial charge is 0.277 e. The molecule has 2 N–H and O–H groups in total. The van der Waals surface area contributed by atoms with Crippen molar-refractivity contribution in [2.45, 2.75) is 0 Å². The Bertz CT molecular complexity index is 612. The van der Waals surface area contributed by atoms with Crippen molar-refractivity contribution in [1.82, 2.24) is 5.32 Å². The molecule has 2 aromatic carbocycles. The predicted octanol–water partition coefficient (Wildman–Crippen LogP) is 2.36. The van der Waals surface area contributed by atoms with E-state index < -0.39 is 0 Å². The Labute approximate surface area is 117 Å². The average molecular weight is 271 g/mol. The van der Waals surface area contributed by atoms with Gasteiger partial charge in [-0.15, -0.1) is 0 Å². The fourth-order valence-electron chi connectivity index (χ4n) is 1.75. The summed E-state index contributed by atoms with van der Waals surface area (Å²) in [6.07, 6.45) is 0. The third-order valence-corrected chi connectivity index (χ3v) is 2.77. The highest BCUT2D eigenvalue weighted by molar-refractivity contribution is 5.97. The summed E-state index contributed by atoms with van der Waals surface area (Å²) in [4.78, 5) is 12.1. The average Bonchev–Trinajstić information content (AvgIpc) is 2.49. The zero-order chi connectivity index (χ0) is 14.5. The molecule has 0 aliphatic carbocycles. The second-order valence-electron chi connectivity index (χ2n) is 4.05. The zero-order valence-electron chi connectivity index (χ0n) is 11.3. The van der Waals surface area contributed by atoms with Crippen LogP contribution in [0.25, 0.3) is 0 Å². The summed E-state index contributed by atoms with van der Waals surface area (Å²) in [7, 11) is 2.99. The fraction of sp³-hybridized carbons (Fsp3) is 0.133. The molecule has 2 rings (SSSR count). The first kappa shape index (κ1) is 13.7. The fourth-order valence-corrected chi connectivity index (χ4v) is 1.75. The molecule has 0 spiro atoms. The van der Waals surface area contributed by atoms with E-state index in [0.717, 1.165) is 0 Å². The molecule has 5 nitrogen and oxygen atoms in total. The minimum atomic E-state index is -0.351. The van der Waals surface area contributed by atoms with Gasteiger partial charge in [0.25, 0.3) is 5.91 Å². The van der Waals surface area contributed by atoms with E-state index in [-0.39, 0.29) is 5.91 Å². The van der Waals surface area contributed by atoms with Gasteiger partial charge in [-0.05, 0) is 12.1 Å². The molecule has 1 amide bonds. The number of ether oxygens (including phenoxy) is 2. The Hall–Kier alpha value is -2.69. The van der Waals surface area contributed by atoms with Crippen LogP contribution in [0.1, 0.15) is 10.4 Å². The van der Waals surface area contributed by atoms with Crippen molar-refractivity contribution in [2.24, 2.45) is 0 Å². The molecule has 20 heavy (non-hydrogen) atoms. The Balaban J connectivity index is 2.31. The molecular formula is C15H15N2O3. The van der Waals surface area contributed by atoms with Crippen LogP contribution in [-0.4, -0.2) is 20.1 Å². The number of carbonyl (C=O) groups is 1. The van der Waals surface area contributed by atoms with Crippen molar-refractivity contribution in [2.75, 3.05) is 20.0 Å². The highest BCUT2D eigenvalue weighted by atomic mass is 16.5. The number of carbonyl (C=O) groups excluding carboxylic acids is 1. The molecule has 0 fully saturated rings. The van der Waals surface area contributed by atoms with Crippen LogP contribution in [0.3, 0.4) is 0 Å². The number of anilines is 1. The molecule has 0 aliphatic rings. The largest absolute Gasteiger partial charge is 0.495 e. The second-order valence-corrected chi connectivity index (χ2v) is 4.05. The van der Waals surface area contributed by atoms with E-state index in [4.69, 9.17) is 15.2 Å². The van der Waals surface area contributed by atoms with Gasteiger partial charge in [-0.25, -0.2) is 5.32 Å². The normalized spacial score (nSPS) is 9.90. The van der Waals surface area contributed by atoms with Crippen LogP contribution in [0, 0.1) is 0 Å². The first-order valence-corrected chi connectivity index (χ1v) is 5.98. The highest BCUT2D eigenvalue weighted by Crippen LogP contribution is 2.34. The standard InChI is InChI=1S/C15H15N2O3/c1-19-13-9-12(14(20-2)8-11(13)16)17-15(18)10-6-4-3-5-7-10/h3-9H,16H2,1-2H3. The van der Waals surface area contributed by atoms with Gasteiger partial charge < -0.3 is 15.2 Å². The van der Waals surface area contributed by atoms with Gasteiger partial charge in [-0.1, -0.05) is 18.2 Å². The molecule has 0 unspecified atom stereocenters. The Morgan fingerprint density at radius 2 is 1.70 bits per heavy atom. The van der Waals surface area contributed by atoms with Gasteiger partial charge in [0.05, 0.1) is 19.9 Å². The lowest BCUT2D eigenvalue weighted by molar-refractivity contribution is 0.0968. The zero-order valence-corrected chi connectivity index (χ0v) is 11.3. The van der Waals surface area contributed by atoms with Gasteiger partial charge in [-0.2, -0.15) is 0 Å². The lowest BCUT2D eigenvalue weighted by atomic mass is 10.2. The van der Waals surface area contributed by atoms with Crippen molar-refractivity contribution < 1.29 is 14.3 Å². The Morgan fingerprint density at radius 1 is 1.05 bits per heavy atom. The van der Waals surface area contributed by atoms with Crippen LogP contribution in [-0.2, 0) is 0 Å². The monoisotopic (exact) mass is 271 g/mol. The maximum absolute atomic E-state index is 12.1. The lowest BCUT2D eigenvalue weighted by Gasteiger charge is -2.12. The molecule has 5 heteroatoms. The third kappa shape index (κ3) is 2.83. The molecule has 0 aliphatic heterocycles. The lowest BCUT2D eigenvalue weighted by Crippen LogP contribution is -2.11. The molecule has 1 radical (unpaired) electrons. The van der Waals surface area contributed by atoms with Gasteiger partial charge in [-0.3, -0.25) is 4.79 Å². The first-order valence-electron chi connectivity index (χ1n) is 5.98. The van der Waals surface area contributed by atoms with Gasteiger partial charge >= 0.3 is 0 Å². The van der Waals surface area contributed by atoms with Gasteiger partial charge in [0.1, 0.15) is 17.2 Å². The van der Waals surface area contributed by atoms with E-state index >= 15 is 0 Å². The predicted molar refractivity (Wildman–Crippen MR) is 76.5 cm³/mol. The number of hydrogen-bond donors (Lipinski definition) is 1. The van der Waals surface area contributed by atoms with Crippen molar-refractivity contribution in [3.63, 3.8) is 0 Å². The van der Waals surface area contributed by atoms with E-state index in [1.807, 2.05) is 6.07 Å². The topological polar surface area (TPSA) is 75.7 Å². The summed E-state index contributed by atoms with van der Waals surface area (Å²) in [5, 5.41) is 4.05. The first-order chi connectivity index (χ1) is 9.65. The highest BCUT2D eigenvalue weighted by Gasteiger charge is 2.14. The summed E-state index contributed by atoms with van der Waals surface area (Å²) in [5.74, 6) is 0.522. The van der Waals surface area contributed by atoms with Crippen molar-refractivity contribution >= 4 is 17.3 Å². The number of methoxy groups -OCH3 is 2. The maximum Gasteiger partial charge on any atom is 0.277 e. The number of amides is 1. The minimum absolute atomic E-state index is 0.351. The number of hydrogen-bond acceptors (Lipinski definition) is 4. The summed E-state index contributed by atoms with van der Waals surface area (Å²) in [5.41, 5.74) is 7.10. The molecule has 0 saturated carbocycles. The third-order valence-electron chi connectivity index (χ3n) is 2.77. The molecule has 0 bridgehead atoms. The van der Waals surface area contributed by atoms with Crippen molar-refractivity contribution in [3.8, 4) is 11.5 Å². The molecule has 2 aromatic rings. The summed E-state index contributed by atoms with van der Waals surface area (Å²) in [6.45, 7) is 0. The van der Waals surface area contributed by atoms with Crippen molar-refractivity contribution in [3.05, 3.63) is 48.0 Å². The molecule has 103 valence electrons. The van der Waals surface area contributed by atoms with E-state index in [0.29, 0.717) is 28.4 Å². The number of nitrogens with two attached hydrogens (primary N) is 1. The summed E-state index contributed by atoms with van der Waals surface area (Å²) >= 11 is 0. The molecular weight excluding hydrogens is 256 g/mol. The number of nitrogen functional groups attached to an aromatic ring is 1. The van der Waals surface area contributed by atoms with Gasteiger partial charge in [0, 0.05) is 17.7 Å². The van der Waals surface area contributed by atoms with Crippen LogP contribution in [0.4, 0.5) is 11.4 Å². The van der Waals surface area contributed by atoms with Crippen LogP contribution in [0.15, 0.2) is 42.5 Å². The second kappa shape index (κ2) is 5.97. The quantitative estimate of drug-likeness (QED) is 0.866. The maximum atomic E-state index is 12.1. The Kier molecular flexibility index (Phi) is 4.10. The summed E-state index contributed by atoms with van der Waals surface area (Å²) < 4.78 is 10.3. The molecule has 0 heterocycles. The van der Waals surface area contributed by atoms with Crippen LogP contribution < -0.4 is 20.5 Å². The van der Waals surface area contributed by atoms with Gasteiger partial charge in [0.2, 0.25) is 0 Å². The van der Waals surface area contributed by atoms with E-state index in [1.165, 1.54) is 14.2 Å². The van der Waals surface area contributed by atoms with Crippen LogP contribution in [0.5, 0.6) is 11.5 Å². The summed E-state index contributed by atoms with van der Waals surface area (Å²) in [6, 6.07) is 12.0. The van der Waals surface area contributed by atoms with E-state index in [1.54, 1.807) is 36.4 Å². The number of rotatable bonds is 4. The van der Waals surface area contributed by atoms with Crippen molar-refractivity contribution in [1.29, 1.82) is 0 Å². The molecule has 0 atom stereocenters.